The molecule has 0 aromatic heterocycles. The summed E-state index contributed by atoms with van der Waals surface area (Å²) in [6.07, 6.45) is 5.46. The van der Waals surface area contributed by atoms with E-state index in [2.05, 4.69) is 46.5 Å². The van der Waals surface area contributed by atoms with Gasteiger partial charge in [-0.3, -0.25) is 4.79 Å². The van der Waals surface area contributed by atoms with Crippen LogP contribution >= 0.6 is 23.5 Å². The van der Waals surface area contributed by atoms with Crippen molar-refractivity contribution < 1.29 is 4.79 Å². The van der Waals surface area contributed by atoms with Gasteiger partial charge in [0.2, 0.25) is 5.91 Å². The lowest BCUT2D eigenvalue weighted by atomic mass is 10.0. The van der Waals surface area contributed by atoms with Gasteiger partial charge in [-0.1, -0.05) is 48.7 Å². The Balaban J connectivity index is 2.34. The molecular formula is C21H25NOS2. The summed E-state index contributed by atoms with van der Waals surface area (Å²) < 4.78 is 0. The highest BCUT2D eigenvalue weighted by molar-refractivity contribution is 8.02. The minimum Gasteiger partial charge on any atom is -0.356 e. The molecule has 0 unspecified atom stereocenters. The van der Waals surface area contributed by atoms with Crippen molar-refractivity contribution in [3.05, 3.63) is 58.9 Å². The Hall–Kier alpha value is -1.65. The lowest BCUT2D eigenvalue weighted by molar-refractivity contribution is -0.120. The number of amides is 1. The van der Waals surface area contributed by atoms with Crippen molar-refractivity contribution in [2.45, 2.75) is 43.4 Å². The summed E-state index contributed by atoms with van der Waals surface area (Å²) in [5.41, 5.74) is 1.28. The summed E-state index contributed by atoms with van der Waals surface area (Å²) in [6.45, 7) is 6.61. The van der Waals surface area contributed by atoms with Crippen molar-refractivity contribution in [3.8, 4) is 0 Å². The molecule has 0 saturated carbocycles. The fourth-order valence-corrected chi connectivity index (χ4v) is 3.81. The van der Waals surface area contributed by atoms with Crippen molar-refractivity contribution >= 4 is 40.2 Å². The smallest absolute Gasteiger partial charge is 0.219 e. The molecule has 0 bridgehead atoms. The third-order valence-electron chi connectivity index (χ3n) is 3.70. The third kappa shape index (κ3) is 5.98. The molecule has 1 amide bonds. The minimum absolute atomic E-state index is 0.105. The monoisotopic (exact) mass is 371 g/mol. The first-order valence-corrected chi connectivity index (χ1v) is 10.3. The lowest BCUT2D eigenvalue weighted by Gasteiger charge is -2.11. The number of allylic oxidation sites excluding steroid dienone is 2. The van der Waals surface area contributed by atoms with E-state index < -0.39 is 0 Å². The molecule has 132 valence electrons. The van der Waals surface area contributed by atoms with Crippen LogP contribution < -0.4 is 5.32 Å². The van der Waals surface area contributed by atoms with Crippen LogP contribution in [0.25, 0.3) is 10.8 Å². The van der Waals surface area contributed by atoms with Gasteiger partial charge in [0.15, 0.2) is 0 Å². The molecule has 2 aromatic carbocycles. The number of hydrogen-bond acceptors (Lipinski definition) is 3. The van der Waals surface area contributed by atoms with E-state index in [0.717, 1.165) is 6.42 Å². The highest BCUT2D eigenvalue weighted by atomic mass is 32.2. The molecule has 2 rings (SSSR count). The summed E-state index contributed by atoms with van der Waals surface area (Å²) in [4.78, 5) is 14.0. The van der Waals surface area contributed by atoms with E-state index in [0.29, 0.717) is 13.0 Å². The van der Waals surface area contributed by atoms with Gasteiger partial charge in [-0.25, -0.2) is 0 Å². The van der Waals surface area contributed by atoms with Gasteiger partial charge in [-0.05, 0) is 71.7 Å². The van der Waals surface area contributed by atoms with Gasteiger partial charge in [0, 0.05) is 22.8 Å². The first kappa shape index (κ1) is 19.7. The van der Waals surface area contributed by atoms with Gasteiger partial charge in [-0.2, -0.15) is 0 Å². The summed E-state index contributed by atoms with van der Waals surface area (Å²) in [7, 11) is 0. The zero-order valence-corrected chi connectivity index (χ0v) is 16.7. The number of carbonyl (C=O) groups excluding carboxylic acids is 1. The number of carbonyl (C=O) groups is 1. The molecule has 1 N–H and O–H groups in total. The second kappa shape index (κ2) is 10.4. The molecule has 0 radical (unpaired) electrons. The normalized spacial score (nSPS) is 11.6. The Morgan fingerprint density at radius 2 is 1.76 bits per heavy atom. The van der Waals surface area contributed by atoms with Crippen molar-refractivity contribution in [2.75, 3.05) is 6.54 Å². The van der Waals surface area contributed by atoms with E-state index >= 15 is 0 Å². The van der Waals surface area contributed by atoms with Gasteiger partial charge in [-0.15, -0.1) is 0 Å². The Morgan fingerprint density at radius 3 is 2.44 bits per heavy atom. The Morgan fingerprint density at radius 1 is 1.04 bits per heavy atom. The van der Waals surface area contributed by atoms with Crippen molar-refractivity contribution in [1.29, 1.82) is 0 Å². The van der Waals surface area contributed by atoms with Crippen LogP contribution in [0, 0.1) is 0 Å². The number of benzene rings is 2. The maximum atomic E-state index is 11.5. The van der Waals surface area contributed by atoms with Gasteiger partial charge < -0.3 is 5.32 Å². The maximum absolute atomic E-state index is 11.5. The minimum atomic E-state index is 0.105. The van der Waals surface area contributed by atoms with Crippen LogP contribution in [0.3, 0.4) is 0 Å². The van der Waals surface area contributed by atoms with Crippen LogP contribution in [-0.4, -0.2) is 12.5 Å². The highest BCUT2D eigenvalue weighted by Gasteiger charge is 2.07. The molecule has 0 aliphatic carbocycles. The standard InChI is InChI=1S/C21H25NOS2/c1-4-11-24-18-8-7-16-13-19(25-12-5-2)14-17(20(16)15-18)9-10-22-21(23)6-3/h4-5,7-8,11-15H,6,9-10H2,1-3H3,(H,22,23)/b11-4-,12-5-. The van der Waals surface area contributed by atoms with E-state index in [4.69, 9.17) is 0 Å². The van der Waals surface area contributed by atoms with E-state index in [1.165, 1.54) is 26.1 Å². The molecule has 0 saturated heterocycles. The molecule has 0 atom stereocenters. The SMILES string of the molecule is C/C=C\Sc1cc(CCNC(=O)CC)c2cc(S/C=C\C)ccc2c1. The first-order chi connectivity index (χ1) is 12.2. The van der Waals surface area contributed by atoms with Crippen LogP contribution in [0.5, 0.6) is 0 Å². The quantitative estimate of drug-likeness (QED) is 0.563. The molecule has 0 spiro atoms. The maximum Gasteiger partial charge on any atom is 0.219 e. The van der Waals surface area contributed by atoms with Crippen LogP contribution in [-0.2, 0) is 11.2 Å². The van der Waals surface area contributed by atoms with Crippen LogP contribution in [0.2, 0.25) is 0 Å². The summed E-state index contributed by atoms with van der Waals surface area (Å²) in [5, 5.41) is 9.69. The summed E-state index contributed by atoms with van der Waals surface area (Å²) in [5.74, 6) is 0.105. The molecular weight excluding hydrogens is 346 g/mol. The molecule has 2 aromatic rings. The van der Waals surface area contributed by atoms with E-state index in [1.807, 2.05) is 32.9 Å². The van der Waals surface area contributed by atoms with Gasteiger partial charge in [0.1, 0.15) is 0 Å². The molecule has 4 heteroatoms. The number of nitrogens with one attached hydrogen (secondary N) is 1. The molecule has 25 heavy (non-hydrogen) atoms. The highest BCUT2D eigenvalue weighted by Crippen LogP contribution is 2.31. The predicted octanol–water partition coefficient (Wildman–Crippen LogP) is 6.16. The molecule has 0 aliphatic heterocycles. The first-order valence-electron chi connectivity index (χ1n) is 8.57. The zero-order chi connectivity index (χ0) is 18.1. The largest absolute Gasteiger partial charge is 0.356 e. The summed E-state index contributed by atoms with van der Waals surface area (Å²) in [6, 6.07) is 11.1. The molecule has 2 nitrogen and oxygen atoms in total. The summed E-state index contributed by atoms with van der Waals surface area (Å²) >= 11 is 3.46. The molecule has 0 fully saturated rings. The zero-order valence-electron chi connectivity index (χ0n) is 15.0. The fraction of sp³-hybridized carbons (Fsp3) is 0.286. The van der Waals surface area contributed by atoms with E-state index in [1.54, 1.807) is 23.5 Å². The molecule has 0 aliphatic rings. The number of hydrogen-bond donors (Lipinski definition) is 1. The number of thioether (sulfide) groups is 2. The van der Waals surface area contributed by atoms with Gasteiger partial charge in [0.25, 0.3) is 0 Å². The Kier molecular flexibility index (Phi) is 8.16. The van der Waals surface area contributed by atoms with Crippen LogP contribution in [0.15, 0.2) is 63.1 Å². The lowest BCUT2D eigenvalue weighted by Crippen LogP contribution is -2.24. The topological polar surface area (TPSA) is 29.1 Å². The van der Waals surface area contributed by atoms with Gasteiger partial charge in [0.05, 0.1) is 0 Å². The fourth-order valence-electron chi connectivity index (χ4n) is 2.49. The average molecular weight is 372 g/mol. The molecule has 0 heterocycles. The third-order valence-corrected chi connectivity index (χ3v) is 5.55. The van der Waals surface area contributed by atoms with Crippen molar-refractivity contribution in [2.24, 2.45) is 0 Å². The van der Waals surface area contributed by atoms with E-state index in [9.17, 15) is 4.79 Å². The van der Waals surface area contributed by atoms with Crippen molar-refractivity contribution in [3.63, 3.8) is 0 Å². The van der Waals surface area contributed by atoms with Crippen LogP contribution in [0.4, 0.5) is 0 Å². The second-order valence-electron chi connectivity index (χ2n) is 5.59. The van der Waals surface area contributed by atoms with Crippen molar-refractivity contribution in [1.82, 2.24) is 5.32 Å². The number of fused-ring (bicyclic) bond motifs is 1. The average Bonchev–Trinajstić information content (AvgIpc) is 2.64. The number of rotatable bonds is 8. The van der Waals surface area contributed by atoms with Gasteiger partial charge >= 0.3 is 0 Å². The van der Waals surface area contributed by atoms with Crippen LogP contribution in [0.1, 0.15) is 32.8 Å². The van der Waals surface area contributed by atoms with E-state index in [-0.39, 0.29) is 5.91 Å². The second-order valence-corrected chi connectivity index (χ2v) is 7.55. The predicted molar refractivity (Wildman–Crippen MR) is 112 cm³/mol. The Bertz CT molecular complexity index is 781. The Labute approximate surface area is 159 Å².